The minimum absolute atomic E-state index is 0.395. The molecular formula is C14H14F3NO3. The van der Waals surface area contributed by atoms with Gasteiger partial charge in [-0.25, -0.2) is 4.79 Å². The van der Waals surface area contributed by atoms with Gasteiger partial charge in [-0.1, -0.05) is 0 Å². The van der Waals surface area contributed by atoms with E-state index in [1.165, 1.54) is 12.1 Å². The van der Waals surface area contributed by atoms with Crippen LogP contribution in [0.25, 0.3) is 0 Å². The molecule has 0 aliphatic carbocycles. The van der Waals surface area contributed by atoms with E-state index < -0.39 is 29.4 Å². The number of carbonyl (C=O) groups is 2. The molecule has 7 heteroatoms. The summed E-state index contributed by atoms with van der Waals surface area (Å²) in [5.74, 6) is -2.72. The van der Waals surface area contributed by atoms with Crippen molar-refractivity contribution in [2.24, 2.45) is 5.92 Å². The molecule has 0 spiro atoms. The number of halogens is 3. The standard InChI is InChI=1S/C14H14F3NO3/c15-14(16,17)10-1-3-11(4-2-10)18-7-5-9(6-8-18)12(19)13(20)21/h1-4,9H,5-8H2,(H,20,21). The Balaban J connectivity index is 1.99. The monoisotopic (exact) mass is 301 g/mol. The van der Waals surface area contributed by atoms with Gasteiger partial charge in [0.1, 0.15) is 0 Å². The second-order valence-corrected chi connectivity index (χ2v) is 4.98. The van der Waals surface area contributed by atoms with Crippen LogP contribution in [0.1, 0.15) is 18.4 Å². The molecule has 0 bridgehead atoms. The SMILES string of the molecule is O=C(O)C(=O)C1CCN(c2ccc(C(F)(F)F)cc2)CC1. The molecule has 0 saturated carbocycles. The summed E-state index contributed by atoms with van der Waals surface area (Å²) in [6, 6.07) is 4.82. The summed E-state index contributed by atoms with van der Waals surface area (Å²) in [5.41, 5.74) is -0.0635. The lowest BCUT2D eigenvalue weighted by atomic mass is 9.92. The summed E-state index contributed by atoms with van der Waals surface area (Å²) in [5, 5.41) is 8.65. The van der Waals surface area contributed by atoms with Gasteiger partial charge in [-0.05, 0) is 37.1 Å². The maximum atomic E-state index is 12.5. The molecule has 0 unspecified atom stereocenters. The summed E-state index contributed by atoms with van der Waals surface area (Å²) in [6.45, 7) is 0.907. The molecule has 2 rings (SSSR count). The van der Waals surface area contributed by atoms with Gasteiger partial charge in [0.15, 0.2) is 0 Å². The van der Waals surface area contributed by atoms with Crippen molar-refractivity contribution in [1.82, 2.24) is 0 Å². The van der Waals surface area contributed by atoms with E-state index in [2.05, 4.69) is 0 Å². The molecule has 1 aliphatic heterocycles. The number of anilines is 1. The Morgan fingerprint density at radius 1 is 1.10 bits per heavy atom. The van der Waals surface area contributed by atoms with Crippen LogP contribution in [0.2, 0.25) is 0 Å². The summed E-state index contributed by atoms with van der Waals surface area (Å²) in [4.78, 5) is 23.8. The third-order valence-electron chi connectivity index (χ3n) is 3.64. The number of hydrogen-bond donors (Lipinski definition) is 1. The van der Waals surface area contributed by atoms with E-state index in [4.69, 9.17) is 5.11 Å². The molecule has 0 amide bonds. The van der Waals surface area contributed by atoms with Crippen molar-refractivity contribution >= 4 is 17.4 Å². The number of piperidine rings is 1. The number of rotatable bonds is 3. The van der Waals surface area contributed by atoms with Gasteiger partial charge in [-0.2, -0.15) is 13.2 Å². The van der Waals surface area contributed by atoms with Crippen LogP contribution >= 0.6 is 0 Å². The highest BCUT2D eigenvalue weighted by Crippen LogP contribution is 2.31. The minimum Gasteiger partial charge on any atom is -0.475 e. The van der Waals surface area contributed by atoms with Crippen LogP contribution in [-0.2, 0) is 15.8 Å². The zero-order valence-corrected chi connectivity index (χ0v) is 11.1. The molecule has 114 valence electrons. The normalized spacial score (nSPS) is 16.8. The Labute approximate surface area is 119 Å². The zero-order chi connectivity index (χ0) is 15.6. The van der Waals surface area contributed by atoms with E-state index in [-0.39, 0.29) is 0 Å². The molecule has 1 fully saturated rings. The molecule has 4 nitrogen and oxygen atoms in total. The first-order chi connectivity index (χ1) is 9.79. The fourth-order valence-corrected chi connectivity index (χ4v) is 2.44. The van der Waals surface area contributed by atoms with Crippen molar-refractivity contribution in [2.45, 2.75) is 19.0 Å². The van der Waals surface area contributed by atoms with Crippen LogP contribution in [-0.4, -0.2) is 29.9 Å². The Morgan fingerprint density at radius 3 is 2.05 bits per heavy atom. The third-order valence-corrected chi connectivity index (χ3v) is 3.64. The van der Waals surface area contributed by atoms with E-state index in [0.717, 1.165) is 12.1 Å². The first-order valence-corrected chi connectivity index (χ1v) is 6.48. The van der Waals surface area contributed by atoms with E-state index in [0.29, 0.717) is 31.6 Å². The highest BCUT2D eigenvalue weighted by molar-refractivity contribution is 6.33. The number of aliphatic carboxylic acids is 1. The molecule has 0 radical (unpaired) electrons. The van der Waals surface area contributed by atoms with E-state index >= 15 is 0 Å². The largest absolute Gasteiger partial charge is 0.475 e. The summed E-state index contributed by atoms with van der Waals surface area (Å²) < 4.78 is 37.4. The smallest absolute Gasteiger partial charge is 0.416 e. The number of carboxylic acid groups (broad SMARTS) is 1. The molecule has 0 aromatic heterocycles. The number of hydrogen-bond acceptors (Lipinski definition) is 3. The Kier molecular flexibility index (Phi) is 4.20. The number of carbonyl (C=O) groups excluding carboxylic acids is 1. The molecule has 0 atom stereocenters. The lowest BCUT2D eigenvalue weighted by Gasteiger charge is -2.32. The van der Waals surface area contributed by atoms with E-state index in [9.17, 15) is 22.8 Å². The van der Waals surface area contributed by atoms with Gasteiger partial charge in [-0.15, -0.1) is 0 Å². The van der Waals surface area contributed by atoms with Crippen LogP contribution < -0.4 is 4.90 Å². The molecule has 1 heterocycles. The number of alkyl halides is 3. The molecule has 1 aromatic rings. The van der Waals surface area contributed by atoms with Gasteiger partial charge < -0.3 is 10.0 Å². The molecule has 1 N–H and O–H groups in total. The van der Waals surface area contributed by atoms with E-state index in [1.807, 2.05) is 4.90 Å². The molecule has 1 aromatic carbocycles. The molecular weight excluding hydrogens is 287 g/mol. The number of benzene rings is 1. The van der Waals surface area contributed by atoms with Crippen molar-refractivity contribution in [1.29, 1.82) is 0 Å². The fraction of sp³-hybridized carbons (Fsp3) is 0.429. The summed E-state index contributed by atoms with van der Waals surface area (Å²) in [7, 11) is 0. The number of nitrogens with zero attached hydrogens (tertiary/aromatic N) is 1. The summed E-state index contributed by atoms with van der Waals surface area (Å²) in [6.07, 6.45) is -3.57. The summed E-state index contributed by atoms with van der Waals surface area (Å²) >= 11 is 0. The zero-order valence-electron chi connectivity index (χ0n) is 11.1. The third kappa shape index (κ3) is 3.53. The lowest BCUT2D eigenvalue weighted by molar-refractivity contribution is -0.151. The van der Waals surface area contributed by atoms with Gasteiger partial charge in [0.2, 0.25) is 5.78 Å². The highest BCUT2D eigenvalue weighted by Gasteiger charge is 2.31. The molecule has 21 heavy (non-hydrogen) atoms. The predicted molar refractivity (Wildman–Crippen MR) is 69.0 cm³/mol. The Morgan fingerprint density at radius 2 is 1.62 bits per heavy atom. The van der Waals surface area contributed by atoms with Crippen molar-refractivity contribution < 1.29 is 27.9 Å². The maximum absolute atomic E-state index is 12.5. The average molecular weight is 301 g/mol. The number of Topliss-reactive ketones (excluding diaryl/α,β-unsaturated/α-hetero) is 1. The van der Waals surface area contributed by atoms with Crippen LogP contribution in [0.5, 0.6) is 0 Å². The number of carboxylic acids is 1. The molecule has 1 aliphatic rings. The van der Waals surface area contributed by atoms with Crippen molar-refractivity contribution in [3.63, 3.8) is 0 Å². The fourth-order valence-electron chi connectivity index (χ4n) is 2.44. The Bertz CT molecular complexity index is 531. The second-order valence-electron chi connectivity index (χ2n) is 4.98. The van der Waals surface area contributed by atoms with Crippen LogP contribution in [0.3, 0.4) is 0 Å². The van der Waals surface area contributed by atoms with E-state index in [1.54, 1.807) is 0 Å². The van der Waals surface area contributed by atoms with Gasteiger partial charge >= 0.3 is 12.1 Å². The predicted octanol–water partition coefficient (Wildman–Crippen LogP) is 2.58. The second kappa shape index (κ2) is 5.75. The van der Waals surface area contributed by atoms with Gasteiger partial charge in [-0.3, -0.25) is 4.79 Å². The van der Waals surface area contributed by atoms with Crippen LogP contribution in [0.4, 0.5) is 18.9 Å². The first kappa shape index (κ1) is 15.3. The van der Waals surface area contributed by atoms with Crippen molar-refractivity contribution in [3.05, 3.63) is 29.8 Å². The quantitative estimate of drug-likeness (QED) is 0.872. The minimum atomic E-state index is -4.36. The van der Waals surface area contributed by atoms with Gasteiger partial charge in [0, 0.05) is 24.7 Å². The lowest BCUT2D eigenvalue weighted by Crippen LogP contribution is -2.38. The highest BCUT2D eigenvalue weighted by atomic mass is 19.4. The van der Waals surface area contributed by atoms with Gasteiger partial charge in [0.25, 0.3) is 0 Å². The maximum Gasteiger partial charge on any atom is 0.416 e. The average Bonchev–Trinajstić information content (AvgIpc) is 2.46. The van der Waals surface area contributed by atoms with Gasteiger partial charge in [0.05, 0.1) is 5.56 Å². The topological polar surface area (TPSA) is 57.6 Å². The Hall–Kier alpha value is -2.05. The van der Waals surface area contributed by atoms with Crippen LogP contribution in [0.15, 0.2) is 24.3 Å². The van der Waals surface area contributed by atoms with Crippen LogP contribution in [0, 0.1) is 5.92 Å². The molecule has 1 saturated heterocycles. The number of ketones is 1. The first-order valence-electron chi connectivity index (χ1n) is 6.48. The van der Waals surface area contributed by atoms with Crippen molar-refractivity contribution in [2.75, 3.05) is 18.0 Å². The van der Waals surface area contributed by atoms with Crippen molar-refractivity contribution in [3.8, 4) is 0 Å².